The average molecular weight is 260 g/mol. The molecule has 0 unspecified atom stereocenters. The highest BCUT2D eigenvalue weighted by atomic mass is 79.9. The first-order valence-electron chi connectivity index (χ1n) is 4.24. The molecule has 0 aliphatic heterocycles. The van der Waals surface area contributed by atoms with Crippen LogP contribution in [0.2, 0.25) is 0 Å². The van der Waals surface area contributed by atoms with E-state index in [0.717, 1.165) is 17.7 Å². The monoisotopic (exact) mass is 259 g/mol. The minimum atomic E-state index is -0.270. The van der Waals surface area contributed by atoms with Crippen molar-refractivity contribution in [2.75, 3.05) is 7.11 Å². The van der Waals surface area contributed by atoms with E-state index in [1.54, 1.807) is 6.07 Å². The molecule has 2 nitrogen and oxygen atoms in total. The molecule has 0 spiro atoms. The molecule has 0 atom stereocenters. The molecule has 1 aromatic carbocycles. The van der Waals surface area contributed by atoms with Gasteiger partial charge in [0, 0.05) is 10.0 Å². The van der Waals surface area contributed by atoms with E-state index in [1.165, 1.54) is 19.2 Å². The van der Waals surface area contributed by atoms with Gasteiger partial charge in [0.15, 0.2) is 0 Å². The van der Waals surface area contributed by atoms with Crippen molar-refractivity contribution in [1.82, 2.24) is 0 Å². The molecule has 0 radical (unpaired) electrons. The van der Waals surface area contributed by atoms with Gasteiger partial charge in [-0.15, -0.1) is 0 Å². The summed E-state index contributed by atoms with van der Waals surface area (Å²) in [5.41, 5.74) is 1.65. The minimum absolute atomic E-state index is 0.270. The predicted molar refractivity (Wildman–Crippen MR) is 57.9 cm³/mol. The zero-order valence-electron chi connectivity index (χ0n) is 8.05. The van der Waals surface area contributed by atoms with Crippen molar-refractivity contribution in [3.05, 3.63) is 34.1 Å². The summed E-state index contributed by atoms with van der Waals surface area (Å²) in [6, 6.07) is 4.50. The van der Waals surface area contributed by atoms with Crippen molar-refractivity contribution in [3.8, 4) is 0 Å². The molecule has 0 aliphatic carbocycles. The molecular weight excluding hydrogens is 249 g/mol. The summed E-state index contributed by atoms with van der Waals surface area (Å²) in [4.78, 5) is 4.71. The van der Waals surface area contributed by atoms with Gasteiger partial charge in [-0.05, 0) is 24.6 Å². The van der Waals surface area contributed by atoms with E-state index in [4.69, 9.17) is 4.84 Å². The third-order valence-electron chi connectivity index (χ3n) is 1.78. The summed E-state index contributed by atoms with van der Waals surface area (Å²) in [6.45, 7) is 1.97. The van der Waals surface area contributed by atoms with Gasteiger partial charge >= 0.3 is 0 Å². The topological polar surface area (TPSA) is 21.6 Å². The van der Waals surface area contributed by atoms with Gasteiger partial charge in [0.1, 0.15) is 12.9 Å². The Morgan fingerprint density at radius 1 is 1.57 bits per heavy atom. The first-order chi connectivity index (χ1) is 6.69. The van der Waals surface area contributed by atoms with Crippen molar-refractivity contribution >= 4 is 21.6 Å². The number of oxime groups is 1. The summed E-state index contributed by atoms with van der Waals surface area (Å²) < 4.78 is 13.5. The lowest BCUT2D eigenvalue weighted by Crippen LogP contribution is -2.01. The molecule has 0 amide bonds. The Morgan fingerprint density at radius 3 is 2.79 bits per heavy atom. The maximum Gasteiger partial charge on any atom is 0.124 e. The molecule has 1 rings (SSSR count). The fourth-order valence-corrected chi connectivity index (χ4v) is 1.72. The summed E-state index contributed by atoms with van der Waals surface area (Å²) in [7, 11) is 1.49. The van der Waals surface area contributed by atoms with Gasteiger partial charge in [-0.1, -0.05) is 28.0 Å². The maximum atomic E-state index is 12.8. The van der Waals surface area contributed by atoms with Gasteiger partial charge in [-0.2, -0.15) is 0 Å². The van der Waals surface area contributed by atoms with Crippen LogP contribution in [0.5, 0.6) is 0 Å². The number of halogens is 2. The van der Waals surface area contributed by atoms with Crippen LogP contribution in [0.1, 0.15) is 18.9 Å². The van der Waals surface area contributed by atoms with Crippen LogP contribution in [-0.4, -0.2) is 12.8 Å². The molecule has 0 saturated heterocycles. The highest BCUT2D eigenvalue weighted by Gasteiger charge is 2.07. The van der Waals surface area contributed by atoms with Gasteiger partial charge in [-0.3, -0.25) is 0 Å². The van der Waals surface area contributed by atoms with Gasteiger partial charge < -0.3 is 4.84 Å². The molecule has 14 heavy (non-hydrogen) atoms. The molecule has 0 bridgehead atoms. The quantitative estimate of drug-likeness (QED) is 0.603. The van der Waals surface area contributed by atoms with E-state index < -0.39 is 0 Å². The highest BCUT2D eigenvalue weighted by molar-refractivity contribution is 9.10. The molecular formula is C10H11BrFNO. The zero-order chi connectivity index (χ0) is 10.6. The molecule has 1 aromatic rings. The van der Waals surface area contributed by atoms with Crippen molar-refractivity contribution in [2.45, 2.75) is 13.3 Å². The Morgan fingerprint density at radius 2 is 2.29 bits per heavy atom. The lowest BCUT2D eigenvalue weighted by Gasteiger charge is -2.05. The van der Waals surface area contributed by atoms with Crippen LogP contribution in [0.15, 0.2) is 27.8 Å². The van der Waals surface area contributed by atoms with Crippen LogP contribution in [0.3, 0.4) is 0 Å². The fraction of sp³-hybridized carbons (Fsp3) is 0.300. The second kappa shape index (κ2) is 5.10. The highest BCUT2D eigenvalue weighted by Crippen LogP contribution is 2.20. The lowest BCUT2D eigenvalue weighted by molar-refractivity contribution is 0.213. The van der Waals surface area contributed by atoms with Crippen LogP contribution in [0.25, 0.3) is 0 Å². The normalized spacial score (nSPS) is 11.6. The minimum Gasteiger partial charge on any atom is -0.399 e. The fourth-order valence-electron chi connectivity index (χ4n) is 1.14. The molecule has 0 aliphatic rings. The van der Waals surface area contributed by atoms with E-state index >= 15 is 0 Å². The summed E-state index contributed by atoms with van der Waals surface area (Å²) in [5.74, 6) is -0.270. The first-order valence-corrected chi connectivity index (χ1v) is 5.03. The van der Waals surface area contributed by atoms with E-state index in [9.17, 15) is 4.39 Å². The van der Waals surface area contributed by atoms with Gasteiger partial charge in [0.2, 0.25) is 0 Å². The van der Waals surface area contributed by atoms with Crippen LogP contribution in [-0.2, 0) is 4.84 Å². The largest absolute Gasteiger partial charge is 0.399 e. The molecule has 0 aromatic heterocycles. The molecule has 4 heteroatoms. The summed E-state index contributed by atoms with van der Waals surface area (Å²) in [5, 5.41) is 3.87. The van der Waals surface area contributed by atoms with Crippen molar-refractivity contribution in [3.63, 3.8) is 0 Å². The van der Waals surface area contributed by atoms with Gasteiger partial charge in [0.25, 0.3) is 0 Å². The average Bonchev–Trinajstić information content (AvgIpc) is 2.15. The van der Waals surface area contributed by atoms with Crippen LogP contribution in [0.4, 0.5) is 4.39 Å². The van der Waals surface area contributed by atoms with Crippen molar-refractivity contribution < 1.29 is 9.23 Å². The molecule has 0 heterocycles. The van der Waals surface area contributed by atoms with E-state index in [2.05, 4.69) is 21.1 Å². The Kier molecular flexibility index (Phi) is 4.07. The second-order valence-electron chi connectivity index (χ2n) is 2.70. The van der Waals surface area contributed by atoms with Crippen LogP contribution < -0.4 is 0 Å². The first kappa shape index (κ1) is 11.2. The number of benzene rings is 1. The van der Waals surface area contributed by atoms with E-state index in [1.807, 2.05) is 6.92 Å². The van der Waals surface area contributed by atoms with Crippen LogP contribution in [0, 0.1) is 5.82 Å². The number of nitrogens with zero attached hydrogens (tertiary/aromatic N) is 1. The zero-order valence-corrected chi connectivity index (χ0v) is 9.64. The van der Waals surface area contributed by atoms with Crippen molar-refractivity contribution in [1.29, 1.82) is 0 Å². The Balaban J connectivity index is 3.11. The van der Waals surface area contributed by atoms with Crippen LogP contribution >= 0.6 is 15.9 Å². The Hall–Kier alpha value is -0.900. The number of rotatable bonds is 3. The molecule has 0 saturated carbocycles. The summed E-state index contributed by atoms with van der Waals surface area (Å²) >= 11 is 3.28. The van der Waals surface area contributed by atoms with Gasteiger partial charge in [0.05, 0.1) is 5.71 Å². The van der Waals surface area contributed by atoms with Crippen molar-refractivity contribution in [2.24, 2.45) is 5.16 Å². The standard InChI is InChI=1S/C10H11BrFNO/c1-3-10(13-14-2)8-5-4-7(12)6-9(8)11/h4-6H,3H2,1-2H3. The molecule has 76 valence electrons. The number of hydrogen-bond donors (Lipinski definition) is 0. The molecule has 0 fully saturated rings. The third-order valence-corrected chi connectivity index (χ3v) is 2.43. The summed E-state index contributed by atoms with van der Waals surface area (Å²) in [6.07, 6.45) is 0.734. The third kappa shape index (κ3) is 2.54. The Labute approximate surface area is 90.9 Å². The second-order valence-corrected chi connectivity index (χ2v) is 3.55. The van der Waals surface area contributed by atoms with E-state index in [0.29, 0.717) is 4.47 Å². The smallest absolute Gasteiger partial charge is 0.124 e. The van der Waals surface area contributed by atoms with E-state index in [-0.39, 0.29) is 5.82 Å². The van der Waals surface area contributed by atoms with Gasteiger partial charge in [-0.25, -0.2) is 4.39 Å². The maximum absolute atomic E-state index is 12.8. The number of hydrogen-bond acceptors (Lipinski definition) is 2. The Bertz CT molecular complexity index is 352. The SMILES string of the molecule is CCC(=NOC)c1ccc(F)cc1Br. The molecule has 0 N–H and O–H groups in total. The predicted octanol–water partition coefficient (Wildman–Crippen LogP) is 3.35. The lowest BCUT2D eigenvalue weighted by atomic mass is 10.1.